The predicted molar refractivity (Wildman–Crippen MR) is 107 cm³/mol. The molecule has 8 heteroatoms. The third-order valence-electron chi connectivity index (χ3n) is 3.94. The maximum Gasteiger partial charge on any atom is 0.234 e. The number of hydrogen-bond acceptors (Lipinski definition) is 6. The molecule has 1 aliphatic rings. The van der Waals surface area contributed by atoms with Crippen LogP contribution in [0.1, 0.15) is 0 Å². The predicted octanol–water partition coefficient (Wildman–Crippen LogP) is 4.52. The summed E-state index contributed by atoms with van der Waals surface area (Å²) < 4.78 is 29.5. The highest BCUT2D eigenvalue weighted by Crippen LogP contribution is 2.34. The van der Waals surface area contributed by atoms with E-state index < -0.39 is 0 Å². The van der Waals surface area contributed by atoms with Gasteiger partial charge in [-0.2, -0.15) is 0 Å². The number of carbonyl (C=O) groups excluding carboxylic acids is 1. The van der Waals surface area contributed by atoms with Crippen molar-refractivity contribution in [2.45, 2.75) is 4.90 Å². The third-order valence-corrected chi connectivity index (χ3v) is 4.93. The summed E-state index contributed by atoms with van der Waals surface area (Å²) in [4.78, 5) is 17.3. The molecular weight excluding hydrogens is 395 g/mol. The molecular formula is C21H17FN2O4S. The van der Waals surface area contributed by atoms with Gasteiger partial charge >= 0.3 is 0 Å². The van der Waals surface area contributed by atoms with Crippen LogP contribution >= 0.6 is 11.8 Å². The fourth-order valence-electron chi connectivity index (χ4n) is 2.60. The number of benzene rings is 2. The number of pyridine rings is 1. The number of ether oxygens (including phenoxy) is 3. The third kappa shape index (κ3) is 5.17. The van der Waals surface area contributed by atoms with Crippen LogP contribution < -0.4 is 19.5 Å². The van der Waals surface area contributed by atoms with Crippen LogP contribution in [-0.4, -0.2) is 29.9 Å². The molecule has 3 aromatic rings. The molecule has 0 atom stereocenters. The number of anilines is 1. The highest BCUT2D eigenvalue weighted by atomic mass is 32.2. The molecule has 1 aliphatic heterocycles. The van der Waals surface area contributed by atoms with E-state index in [1.54, 1.807) is 12.1 Å². The molecule has 1 N–H and O–H groups in total. The first kappa shape index (κ1) is 19.1. The van der Waals surface area contributed by atoms with Gasteiger partial charge in [0.2, 0.25) is 11.8 Å². The fraction of sp³-hybridized carbons (Fsp3) is 0.143. The topological polar surface area (TPSA) is 69.7 Å². The smallest absolute Gasteiger partial charge is 0.234 e. The molecule has 0 saturated carbocycles. The van der Waals surface area contributed by atoms with Crippen molar-refractivity contribution in [2.24, 2.45) is 0 Å². The van der Waals surface area contributed by atoms with Gasteiger partial charge in [0, 0.05) is 11.0 Å². The van der Waals surface area contributed by atoms with E-state index in [0.29, 0.717) is 36.3 Å². The van der Waals surface area contributed by atoms with Crippen molar-refractivity contribution in [3.05, 3.63) is 66.6 Å². The van der Waals surface area contributed by atoms with Crippen molar-refractivity contribution in [3.63, 3.8) is 0 Å². The molecule has 1 aromatic heterocycles. The van der Waals surface area contributed by atoms with E-state index in [0.717, 1.165) is 10.6 Å². The van der Waals surface area contributed by atoms with E-state index in [1.165, 1.54) is 42.2 Å². The van der Waals surface area contributed by atoms with Gasteiger partial charge in [0.15, 0.2) is 11.5 Å². The molecule has 1 amide bonds. The molecule has 0 spiro atoms. The van der Waals surface area contributed by atoms with Crippen molar-refractivity contribution in [1.82, 2.24) is 4.98 Å². The van der Waals surface area contributed by atoms with Crippen molar-refractivity contribution >= 4 is 23.4 Å². The lowest BCUT2D eigenvalue weighted by molar-refractivity contribution is -0.113. The summed E-state index contributed by atoms with van der Waals surface area (Å²) >= 11 is 1.40. The summed E-state index contributed by atoms with van der Waals surface area (Å²) in [6.07, 6.45) is 1.51. The molecule has 0 bridgehead atoms. The molecule has 6 nitrogen and oxygen atoms in total. The zero-order chi connectivity index (χ0) is 20.1. The molecule has 0 aliphatic carbocycles. The van der Waals surface area contributed by atoms with Gasteiger partial charge in [-0.15, -0.1) is 11.8 Å². The van der Waals surface area contributed by atoms with E-state index in [2.05, 4.69) is 10.3 Å². The number of fused-ring (bicyclic) bond motifs is 1. The van der Waals surface area contributed by atoms with Gasteiger partial charge in [-0.05, 0) is 48.5 Å². The zero-order valence-corrected chi connectivity index (χ0v) is 16.1. The van der Waals surface area contributed by atoms with Crippen LogP contribution in [0.25, 0.3) is 0 Å². The summed E-state index contributed by atoms with van der Waals surface area (Å²) in [5.74, 6) is 2.00. The van der Waals surface area contributed by atoms with Crippen molar-refractivity contribution in [3.8, 4) is 23.1 Å². The molecule has 4 rings (SSSR count). The Morgan fingerprint density at radius 3 is 2.62 bits per heavy atom. The second-order valence-electron chi connectivity index (χ2n) is 6.08. The average molecular weight is 412 g/mol. The monoisotopic (exact) mass is 412 g/mol. The largest absolute Gasteiger partial charge is 0.486 e. The standard InChI is InChI=1S/C21H17FN2O4S/c22-14-1-4-16(5-2-14)28-21-8-3-15(12-23-21)24-20(25)13-29-17-6-7-18-19(11-17)27-10-9-26-18/h1-8,11-12H,9-10,13H2,(H,24,25). The van der Waals surface area contributed by atoms with Crippen LogP contribution in [0.15, 0.2) is 65.7 Å². The average Bonchev–Trinajstić information content (AvgIpc) is 2.75. The SMILES string of the molecule is O=C(CSc1ccc2c(c1)OCCO2)Nc1ccc(Oc2ccc(F)cc2)nc1. The number of halogens is 1. The second kappa shape index (κ2) is 8.83. The van der Waals surface area contributed by atoms with Gasteiger partial charge in [-0.3, -0.25) is 4.79 Å². The quantitative estimate of drug-likeness (QED) is 0.601. The van der Waals surface area contributed by atoms with Crippen LogP contribution in [0.2, 0.25) is 0 Å². The Hall–Kier alpha value is -3.26. The number of carbonyl (C=O) groups is 1. The van der Waals surface area contributed by atoms with Crippen LogP contribution in [0, 0.1) is 5.82 Å². The Kier molecular flexibility index (Phi) is 5.81. The van der Waals surface area contributed by atoms with Gasteiger partial charge in [0.05, 0.1) is 17.6 Å². The molecule has 29 heavy (non-hydrogen) atoms. The van der Waals surface area contributed by atoms with E-state index in [-0.39, 0.29) is 17.5 Å². The molecule has 0 fully saturated rings. The highest BCUT2D eigenvalue weighted by Gasteiger charge is 2.13. The van der Waals surface area contributed by atoms with E-state index >= 15 is 0 Å². The van der Waals surface area contributed by atoms with Crippen LogP contribution in [0.5, 0.6) is 23.1 Å². The fourth-order valence-corrected chi connectivity index (χ4v) is 3.32. The lowest BCUT2D eigenvalue weighted by atomic mass is 10.3. The summed E-state index contributed by atoms with van der Waals surface area (Å²) in [5.41, 5.74) is 0.559. The molecule has 0 radical (unpaired) electrons. The normalized spacial score (nSPS) is 12.3. The summed E-state index contributed by atoms with van der Waals surface area (Å²) in [6, 6.07) is 14.6. The molecule has 0 unspecified atom stereocenters. The summed E-state index contributed by atoms with van der Waals surface area (Å²) in [5, 5.41) is 2.79. The van der Waals surface area contributed by atoms with E-state index in [9.17, 15) is 9.18 Å². The van der Waals surface area contributed by atoms with Gasteiger partial charge in [0.1, 0.15) is 24.8 Å². The first-order chi connectivity index (χ1) is 14.2. The van der Waals surface area contributed by atoms with E-state index in [4.69, 9.17) is 14.2 Å². The Labute approximate surface area is 171 Å². The number of aromatic nitrogens is 1. The Morgan fingerprint density at radius 1 is 1.07 bits per heavy atom. The number of nitrogens with zero attached hydrogens (tertiary/aromatic N) is 1. The van der Waals surface area contributed by atoms with Gasteiger partial charge < -0.3 is 19.5 Å². The van der Waals surface area contributed by atoms with Crippen molar-refractivity contribution < 1.29 is 23.4 Å². The maximum atomic E-state index is 12.9. The molecule has 2 heterocycles. The van der Waals surface area contributed by atoms with Gasteiger partial charge in [0.25, 0.3) is 0 Å². The van der Waals surface area contributed by atoms with Crippen LogP contribution in [0.4, 0.5) is 10.1 Å². The maximum absolute atomic E-state index is 12.9. The number of thioether (sulfide) groups is 1. The summed E-state index contributed by atoms with van der Waals surface area (Å²) in [6.45, 7) is 1.07. The van der Waals surface area contributed by atoms with Crippen LogP contribution in [0.3, 0.4) is 0 Å². The Morgan fingerprint density at radius 2 is 1.86 bits per heavy atom. The van der Waals surface area contributed by atoms with Gasteiger partial charge in [-0.25, -0.2) is 9.37 Å². The molecule has 148 valence electrons. The lowest BCUT2D eigenvalue weighted by Crippen LogP contribution is -2.15. The minimum Gasteiger partial charge on any atom is -0.486 e. The second-order valence-corrected chi connectivity index (χ2v) is 7.13. The van der Waals surface area contributed by atoms with Crippen molar-refractivity contribution in [2.75, 3.05) is 24.3 Å². The first-order valence-electron chi connectivity index (χ1n) is 8.87. The zero-order valence-electron chi connectivity index (χ0n) is 15.3. The minimum absolute atomic E-state index is 0.154. The highest BCUT2D eigenvalue weighted by molar-refractivity contribution is 8.00. The Bertz CT molecular complexity index is 997. The Balaban J connectivity index is 1.28. The number of amides is 1. The number of nitrogens with one attached hydrogen (secondary N) is 1. The summed E-state index contributed by atoms with van der Waals surface area (Å²) in [7, 11) is 0. The number of hydrogen-bond donors (Lipinski definition) is 1. The number of rotatable bonds is 6. The van der Waals surface area contributed by atoms with Gasteiger partial charge in [-0.1, -0.05) is 0 Å². The van der Waals surface area contributed by atoms with Crippen LogP contribution in [-0.2, 0) is 4.79 Å². The van der Waals surface area contributed by atoms with Crippen molar-refractivity contribution in [1.29, 1.82) is 0 Å². The molecule has 0 saturated heterocycles. The first-order valence-corrected chi connectivity index (χ1v) is 9.86. The molecule has 2 aromatic carbocycles. The van der Waals surface area contributed by atoms with E-state index in [1.807, 2.05) is 18.2 Å². The minimum atomic E-state index is -0.336. The lowest BCUT2D eigenvalue weighted by Gasteiger charge is -2.18.